The molecule has 0 spiro atoms. The average molecular weight is 312 g/mol. The smallest absolute Gasteiger partial charge is 0.375 e. The van der Waals surface area contributed by atoms with Crippen molar-refractivity contribution in [1.82, 2.24) is 9.99 Å². The molecule has 1 aromatic heterocycles. The molecule has 21 heavy (non-hydrogen) atoms. The molecule has 1 aromatic carbocycles. The monoisotopic (exact) mass is 312 g/mol. The van der Waals surface area contributed by atoms with Crippen molar-refractivity contribution in [1.29, 1.82) is 0 Å². The lowest BCUT2D eigenvalue weighted by Crippen LogP contribution is -2.24. The Morgan fingerprint density at radius 3 is 2.48 bits per heavy atom. The van der Waals surface area contributed by atoms with Crippen LogP contribution in [0.15, 0.2) is 47.7 Å². The van der Waals surface area contributed by atoms with Crippen LogP contribution in [0, 0.1) is 0 Å². The summed E-state index contributed by atoms with van der Waals surface area (Å²) in [5.41, 5.74) is 8.20. The highest BCUT2D eigenvalue weighted by Crippen LogP contribution is 2.29. The van der Waals surface area contributed by atoms with Crippen molar-refractivity contribution in [3.8, 4) is 5.69 Å². The van der Waals surface area contributed by atoms with Crippen LogP contribution >= 0.6 is 12.2 Å². The number of hydrazone groups is 1. The van der Waals surface area contributed by atoms with Crippen molar-refractivity contribution in [2.75, 3.05) is 0 Å². The van der Waals surface area contributed by atoms with Gasteiger partial charge in [0.1, 0.15) is 0 Å². The highest BCUT2D eigenvalue weighted by atomic mass is 32.1. The average Bonchev–Trinajstić information content (AvgIpc) is 2.86. The number of nitrogens with one attached hydrogen (secondary N) is 1. The van der Waals surface area contributed by atoms with E-state index in [2.05, 4.69) is 22.7 Å². The molecule has 0 aliphatic rings. The molecule has 8 heteroatoms. The number of rotatable bonds is 3. The van der Waals surface area contributed by atoms with Crippen LogP contribution in [0.5, 0.6) is 0 Å². The molecule has 4 nitrogen and oxygen atoms in total. The van der Waals surface area contributed by atoms with Crippen LogP contribution in [-0.4, -0.2) is 15.9 Å². The van der Waals surface area contributed by atoms with Gasteiger partial charge in [0, 0.05) is 11.9 Å². The highest BCUT2D eigenvalue weighted by molar-refractivity contribution is 7.80. The Hall–Kier alpha value is -2.35. The van der Waals surface area contributed by atoms with E-state index in [4.69, 9.17) is 5.73 Å². The molecule has 0 unspecified atom stereocenters. The van der Waals surface area contributed by atoms with Gasteiger partial charge >= 0.3 is 6.18 Å². The second-order valence-corrected chi connectivity index (χ2v) is 4.52. The van der Waals surface area contributed by atoms with Crippen LogP contribution in [0.25, 0.3) is 5.69 Å². The second kappa shape index (κ2) is 5.96. The lowest BCUT2D eigenvalue weighted by Gasteiger charge is -2.09. The van der Waals surface area contributed by atoms with E-state index in [1.165, 1.54) is 18.3 Å². The molecular weight excluding hydrogens is 301 g/mol. The molecule has 0 fully saturated rings. The van der Waals surface area contributed by atoms with Gasteiger partial charge in [-0.2, -0.15) is 18.3 Å². The topological polar surface area (TPSA) is 55.3 Å². The summed E-state index contributed by atoms with van der Waals surface area (Å²) in [6.45, 7) is 0. The van der Waals surface area contributed by atoms with Gasteiger partial charge in [-0.05, 0) is 48.6 Å². The molecule has 1 heterocycles. The summed E-state index contributed by atoms with van der Waals surface area (Å²) >= 11 is 4.61. The lowest BCUT2D eigenvalue weighted by molar-refractivity contribution is -0.137. The number of hydrogen-bond donors (Lipinski definition) is 2. The van der Waals surface area contributed by atoms with Gasteiger partial charge in [-0.25, -0.2) is 0 Å². The van der Waals surface area contributed by atoms with Gasteiger partial charge in [0.05, 0.1) is 17.5 Å². The zero-order chi connectivity index (χ0) is 15.5. The molecule has 0 aliphatic heterocycles. The van der Waals surface area contributed by atoms with Gasteiger partial charge in [0.25, 0.3) is 0 Å². The Morgan fingerprint density at radius 2 is 1.90 bits per heavy atom. The normalized spacial score (nSPS) is 11.8. The summed E-state index contributed by atoms with van der Waals surface area (Å²) in [5, 5.41) is 3.84. The number of nitrogens with two attached hydrogens (primary N) is 1. The second-order valence-electron chi connectivity index (χ2n) is 4.08. The van der Waals surface area contributed by atoms with Crippen LogP contribution in [0.1, 0.15) is 11.3 Å². The van der Waals surface area contributed by atoms with Crippen LogP contribution in [0.4, 0.5) is 13.2 Å². The molecule has 0 saturated heterocycles. The van der Waals surface area contributed by atoms with E-state index in [0.29, 0.717) is 11.4 Å². The Labute approximate surface area is 124 Å². The molecule has 2 aromatic rings. The Morgan fingerprint density at radius 1 is 1.24 bits per heavy atom. The maximum atomic E-state index is 12.5. The predicted molar refractivity (Wildman–Crippen MR) is 78.3 cm³/mol. The number of alkyl halides is 3. The van der Waals surface area contributed by atoms with Crippen molar-refractivity contribution < 1.29 is 13.2 Å². The van der Waals surface area contributed by atoms with Crippen LogP contribution < -0.4 is 11.2 Å². The zero-order valence-electron chi connectivity index (χ0n) is 10.6. The van der Waals surface area contributed by atoms with Crippen LogP contribution in [0.2, 0.25) is 0 Å². The van der Waals surface area contributed by atoms with E-state index >= 15 is 0 Å². The van der Waals surface area contributed by atoms with Gasteiger partial charge in [-0.1, -0.05) is 0 Å². The number of nitrogens with zero attached hydrogens (tertiary/aromatic N) is 2. The first-order valence-corrected chi connectivity index (χ1v) is 6.22. The number of aromatic nitrogens is 1. The maximum Gasteiger partial charge on any atom is 0.416 e. The van der Waals surface area contributed by atoms with E-state index in [1.807, 2.05) is 0 Å². The van der Waals surface area contributed by atoms with E-state index in [0.717, 1.165) is 12.1 Å². The quantitative estimate of drug-likeness (QED) is 0.520. The SMILES string of the molecule is NC(=S)NN=Cc1cccn1-c1ccc(C(F)(F)F)cc1. The summed E-state index contributed by atoms with van der Waals surface area (Å²) in [7, 11) is 0. The van der Waals surface area contributed by atoms with Crippen molar-refractivity contribution in [2.45, 2.75) is 6.18 Å². The molecule has 110 valence electrons. The number of hydrogen-bond acceptors (Lipinski definition) is 2. The van der Waals surface area contributed by atoms with Gasteiger partial charge in [0.15, 0.2) is 5.11 Å². The third-order valence-electron chi connectivity index (χ3n) is 2.62. The fourth-order valence-corrected chi connectivity index (χ4v) is 1.76. The first-order chi connectivity index (χ1) is 9.88. The minimum Gasteiger partial charge on any atom is -0.375 e. The Bertz CT molecular complexity index is 659. The maximum absolute atomic E-state index is 12.5. The number of thiocarbonyl (C=S) groups is 1. The van der Waals surface area contributed by atoms with Gasteiger partial charge in [0.2, 0.25) is 0 Å². The fourth-order valence-electron chi connectivity index (χ4n) is 1.71. The molecule has 0 aliphatic carbocycles. The minimum atomic E-state index is -4.35. The third kappa shape index (κ3) is 3.82. The largest absolute Gasteiger partial charge is 0.416 e. The van der Waals surface area contributed by atoms with Gasteiger partial charge in [-0.3, -0.25) is 5.43 Å². The molecule has 0 bridgehead atoms. The molecule has 0 amide bonds. The predicted octanol–water partition coefficient (Wildman–Crippen LogP) is 2.66. The molecule has 0 saturated carbocycles. The molecule has 0 radical (unpaired) electrons. The first kappa shape index (κ1) is 15.0. The summed E-state index contributed by atoms with van der Waals surface area (Å²) in [4.78, 5) is 0. The summed E-state index contributed by atoms with van der Waals surface area (Å²) in [6.07, 6.45) is -1.16. The van der Waals surface area contributed by atoms with Crippen molar-refractivity contribution >= 4 is 23.5 Å². The summed E-state index contributed by atoms with van der Waals surface area (Å²) in [5.74, 6) is 0. The number of benzene rings is 1. The van der Waals surface area contributed by atoms with Crippen molar-refractivity contribution in [3.63, 3.8) is 0 Å². The molecular formula is C13H11F3N4S. The van der Waals surface area contributed by atoms with Gasteiger partial charge in [-0.15, -0.1) is 0 Å². The lowest BCUT2D eigenvalue weighted by atomic mass is 10.2. The minimum absolute atomic E-state index is 0.0267. The molecule has 3 N–H and O–H groups in total. The Balaban J connectivity index is 2.25. The standard InChI is InChI=1S/C13H11F3N4S/c14-13(15,16)9-3-5-10(6-4-9)20-7-1-2-11(20)8-18-19-12(17)21/h1-8H,(H3,17,19,21). The van der Waals surface area contributed by atoms with Crippen molar-refractivity contribution in [3.05, 3.63) is 53.9 Å². The Kier molecular flexibility index (Phi) is 4.27. The van der Waals surface area contributed by atoms with Crippen LogP contribution in [-0.2, 0) is 6.18 Å². The molecule has 0 atom stereocenters. The summed E-state index contributed by atoms with van der Waals surface area (Å²) in [6, 6.07) is 8.34. The van der Waals surface area contributed by atoms with Gasteiger partial charge < -0.3 is 10.3 Å². The van der Waals surface area contributed by atoms with E-state index in [1.54, 1.807) is 22.9 Å². The highest BCUT2D eigenvalue weighted by Gasteiger charge is 2.29. The zero-order valence-corrected chi connectivity index (χ0v) is 11.4. The van der Waals surface area contributed by atoms with Crippen molar-refractivity contribution in [2.24, 2.45) is 10.8 Å². The number of halogens is 3. The van der Waals surface area contributed by atoms with E-state index in [9.17, 15) is 13.2 Å². The fraction of sp³-hybridized carbons (Fsp3) is 0.0769. The third-order valence-corrected chi connectivity index (χ3v) is 2.72. The van der Waals surface area contributed by atoms with E-state index in [-0.39, 0.29) is 5.11 Å². The van der Waals surface area contributed by atoms with Crippen LogP contribution in [0.3, 0.4) is 0 Å². The van der Waals surface area contributed by atoms with E-state index < -0.39 is 11.7 Å². The first-order valence-electron chi connectivity index (χ1n) is 5.81. The summed E-state index contributed by atoms with van der Waals surface area (Å²) < 4.78 is 39.3. The molecule has 2 rings (SSSR count).